The second kappa shape index (κ2) is 4.07. The van der Waals surface area contributed by atoms with E-state index in [0.717, 1.165) is 12.2 Å². The Morgan fingerprint density at radius 1 is 1.50 bits per heavy atom. The van der Waals surface area contributed by atoms with Crippen molar-refractivity contribution in [2.75, 3.05) is 13.2 Å². The van der Waals surface area contributed by atoms with Gasteiger partial charge in [-0.15, -0.1) is 0 Å². The third kappa shape index (κ3) is 2.53. The van der Waals surface area contributed by atoms with Crippen LogP contribution in [0, 0.1) is 5.82 Å². The van der Waals surface area contributed by atoms with Gasteiger partial charge in [-0.25, -0.2) is 4.39 Å². The van der Waals surface area contributed by atoms with Crippen LogP contribution in [0.25, 0.3) is 0 Å². The first-order chi connectivity index (χ1) is 6.75. The molecule has 0 amide bonds. The Morgan fingerprint density at radius 3 is 2.71 bits per heavy atom. The van der Waals surface area contributed by atoms with Gasteiger partial charge < -0.3 is 9.47 Å². The first kappa shape index (κ1) is 9.62. The smallest absolute Gasteiger partial charge is 0.123 e. The van der Waals surface area contributed by atoms with Crippen molar-refractivity contribution < 1.29 is 13.9 Å². The Bertz CT molecular complexity index is 293. The lowest BCUT2D eigenvalue weighted by Crippen LogP contribution is -2.05. The van der Waals surface area contributed by atoms with Crippen molar-refractivity contribution in [3.8, 4) is 0 Å². The minimum atomic E-state index is -0.216. The van der Waals surface area contributed by atoms with Gasteiger partial charge in [-0.1, -0.05) is 12.1 Å². The Morgan fingerprint density at radius 2 is 2.14 bits per heavy atom. The molecule has 0 unspecified atom stereocenters. The molecule has 76 valence electrons. The normalized spacial score (nSPS) is 22.0. The van der Waals surface area contributed by atoms with E-state index in [1.165, 1.54) is 12.1 Å². The number of halogens is 1. The first-order valence-corrected chi connectivity index (χ1v) is 4.74. The van der Waals surface area contributed by atoms with Gasteiger partial charge in [0, 0.05) is 0 Å². The molecule has 0 aromatic heterocycles. The number of ether oxygens (including phenoxy) is 2. The maximum absolute atomic E-state index is 12.6. The predicted octanol–water partition coefficient (Wildman–Crippen LogP) is 2.30. The van der Waals surface area contributed by atoms with Crippen molar-refractivity contribution >= 4 is 0 Å². The van der Waals surface area contributed by atoms with E-state index < -0.39 is 0 Å². The fourth-order valence-electron chi connectivity index (χ4n) is 1.25. The van der Waals surface area contributed by atoms with E-state index in [2.05, 4.69) is 0 Å². The zero-order valence-corrected chi connectivity index (χ0v) is 8.07. The monoisotopic (exact) mass is 196 g/mol. The highest BCUT2D eigenvalue weighted by Crippen LogP contribution is 2.19. The molecule has 1 aromatic carbocycles. The van der Waals surface area contributed by atoms with Gasteiger partial charge in [0.2, 0.25) is 0 Å². The van der Waals surface area contributed by atoms with E-state index in [1.54, 1.807) is 12.1 Å². The molecular formula is C11H13FO2. The third-order valence-electron chi connectivity index (χ3n) is 2.27. The van der Waals surface area contributed by atoms with Crippen LogP contribution in [0.1, 0.15) is 18.6 Å². The van der Waals surface area contributed by atoms with Crippen molar-refractivity contribution in [2.24, 2.45) is 0 Å². The molecule has 3 heteroatoms. The van der Waals surface area contributed by atoms with Crippen LogP contribution >= 0.6 is 0 Å². The van der Waals surface area contributed by atoms with Crippen LogP contribution in [0.4, 0.5) is 4.39 Å². The number of epoxide rings is 1. The lowest BCUT2D eigenvalue weighted by atomic mass is 10.1. The topological polar surface area (TPSA) is 21.8 Å². The minimum Gasteiger partial charge on any atom is -0.371 e. The van der Waals surface area contributed by atoms with E-state index in [9.17, 15) is 4.39 Å². The summed E-state index contributed by atoms with van der Waals surface area (Å²) in [6, 6.07) is 6.38. The van der Waals surface area contributed by atoms with Crippen LogP contribution in [0.15, 0.2) is 24.3 Å². The van der Waals surface area contributed by atoms with Crippen LogP contribution in [0.3, 0.4) is 0 Å². The van der Waals surface area contributed by atoms with Gasteiger partial charge in [-0.2, -0.15) is 0 Å². The lowest BCUT2D eigenvalue weighted by Gasteiger charge is -2.12. The van der Waals surface area contributed by atoms with Crippen molar-refractivity contribution in [1.29, 1.82) is 0 Å². The molecule has 1 aromatic rings. The van der Waals surface area contributed by atoms with Crippen molar-refractivity contribution in [3.63, 3.8) is 0 Å². The van der Waals surface area contributed by atoms with Gasteiger partial charge in [-0.3, -0.25) is 0 Å². The Kier molecular flexibility index (Phi) is 2.79. The van der Waals surface area contributed by atoms with Crippen LogP contribution in [0.5, 0.6) is 0 Å². The van der Waals surface area contributed by atoms with Crippen LogP contribution in [-0.4, -0.2) is 19.3 Å². The molecule has 1 aliphatic heterocycles. The highest BCUT2D eigenvalue weighted by atomic mass is 19.1. The van der Waals surface area contributed by atoms with Gasteiger partial charge in [0.1, 0.15) is 11.9 Å². The molecule has 0 N–H and O–H groups in total. The Balaban J connectivity index is 1.88. The summed E-state index contributed by atoms with van der Waals surface area (Å²) in [4.78, 5) is 0. The summed E-state index contributed by atoms with van der Waals surface area (Å²) < 4.78 is 23.2. The molecule has 2 rings (SSSR count). The van der Waals surface area contributed by atoms with E-state index in [-0.39, 0.29) is 18.0 Å². The van der Waals surface area contributed by atoms with E-state index in [1.807, 2.05) is 6.92 Å². The van der Waals surface area contributed by atoms with E-state index >= 15 is 0 Å². The molecule has 0 saturated carbocycles. The third-order valence-corrected chi connectivity index (χ3v) is 2.27. The summed E-state index contributed by atoms with van der Waals surface area (Å²) in [6.07, 6.45) is 0.276. The largest absolute Gasteiger partial charge is 0.371 e. The predicted molar refractivity (Wildman–Crippen MR) is 50.5 cm³/mol. The second-order valence-corrected chi connectivity index (χ2v) is 3.48. The van der Waals surface area contributed by atoms with Gasteiger partial charge in [0.25, 0.3) is 0 Å². The SMILES string of the molecule is C[C@@H](OC[C@H]1CO1)c1ccc(F)cc1. The summed E-state index contributed by atoms with van der Waals surface area (Å²) >= 11 is 0. The molecule has 14 heavy (non-hydrogen) atoms. The molecule has 2 nitrogen and oxygen atoms in total. The fraction of sp³-hybridized carbons (Fsp3) is 0.455. The molecule has 0 aliphatic carbocycles. The van der Waals surface area contributed by atoms with Crippen molar-refractivity contribution in [3.05, 3.63) is 35.6 Å². The van der Waals surface area contributed by atoms with Gasteiger partial charge in [-0.05, 0) is 24.6 Å². The molecule has 1 fully saturated rings. The maximum atomic E-state index is 12.6. The van der Waals surface area contributed by atoms with Gasteiger partial charge in [0.15, 0.2) is 0 Å². The van der Waals surface area contributed by atoms with Crippen LogP contribution in [0.2, 0.25) is 0 Å². The van der Waals surface area contributed by atoms with Gasteiger partial charge in [0.05, 0.1) is 19.3 Å². The summed E-state index contributed by atoms with van der Waals surface area (Å²) in [6.45, 7) is 3.38. The van der Waals surface area contributed by atoms with Crippen molar-refractivity contribution in [1.82, 2.24) is 0 Å². The zero-order valence-electron chi connectivity index (χ0n) is 8.07. The number of benzene rings is 1. The minimum absolute atomic E-state index is 0.000185. The standard InChI is InChI=1S/C11H13FO2/c1-8(13-6-11-7-14-11)9-2-4-10(12)5-3-9/h2-5,8,11H,6-7H2,1H3/t8-,11+/m1/s1. The molecule has 1 saturated heterocycles. The fourth-order valence-corrected chi connectivity index (χ4v) is 1.25. The molecule has 0 spiro atoms. The maximum Gasteiger partial charge on any atom is 0.123 e. The number of rotatable bonds is 4. The van der Waals surface area contributed by atoms with E-state index in [0.29, 0.717) is 6.61 Å². The molecule has 1 heterocycles. The molecule has 1 aliphatic rings. The quantitative estimate of drug-likeness (QED) is 0.689. The Labute approximate surface area is 82.6 Å². The second-order valence-electron chi connectivity index (χ2n) is 3.48. The zero-order chi connectivity index (χ0) is 9.97. The Hall–Kier alpha value is -0.930. The molecule has 2 atom stereocenters. The van der Waals surface area contributed by atoms with Crippen LogP contribution < -0.4 is 0 Å². The molecule has 0 bridgehead atoms. The summed E-state index contributed by atoms with van der Waals surface area (Å²) in [5.41, 5.74) is 0.993. The summed E-state index contributed by atoms with van der Waals surface area (Å²) in [5.74, 6) is -0.216. The lowest BCUT2D eigenvalue weighted by molar-refractivity contribution is 0.0539. The van der Waals surface area contributed by atoms with E-state index in [4.69, 9.17) is 9.47 Å². The number of hydrogen-bond donors (Lipinski definition) is 0. The van der Waals surface area contributed by atoms with Crippen LogP contribution in [-0.2, 0) is 9.47 Å². The summed E-state index contributed by atoms with van der Waals surface area (Å²) in [5, 5.41) is 0. The highest BCUT2D eigenvalue weighted by Gasteiger charge is 2.23. The van der Waals surface area contributed by atoms with Gasteiger partial charge >= 0.3 is 0 Å². The van der Waals surface area contributed by atoms with Crippen molar-refractivity contribution in [2.45, 2.75) is 19.1 Å². The summed E-state index contributed by atoms with van der Waals surface area (Å²) in [7, 11) is 0. The molecule has 0 radical (unpaired) electrons. The average molecular weight is 196 g/mol. The first-order valence-electron chi connectivity index (χ1n) is 4.74. The highest BCUT2D eigenvalue weighted by molar-refractivity contribution is 5.18. The molecular weight excluding hydrogens is 183 g/mol. The number of hydrogen-bond acceptors (Lipinski definition) is 2. The average Bonchev–Trinajstić information content (AvgIpc) is 2.99.